The Morgan fingerprint density at radius 1 is 1.75 bits per heavy atom. The second-order valence-corrected chi connectivity index (χ2v) is 2.74. The van der Waals surface area contributed by atoms with Crippen LogP contribution in [0.25, 0.3) is 0 Å². The molecule has 0 saturated heterocycles. The van der Waals surface area contributed by atoms with E-state index in [0.717, 1.165) is 12.8 Å². The van der Waals surface area contributed by atoms with Crippen molar-refractivity contribution in [3.8, 4) is 0 Å². The van der Waals surface area contributed by atoms with Crippen LogP contribution in [0.15, 0.2) is 0 Å². The first kappa shape index (κ1) is 5.76. The maximum atomic E-state index is 10.4. The summed E-state index contributed by atoms with van der Waals surface area (Å²) in [5, 5.41) is 0. The molecule has 0 radical (unpaired) electrons. The molecule has 0 heterocycles. The van der Waals surface area contributed by atoms with E-state index in [0.29, 0.717) is 6.42 Å². The zero-order valence-corrected chi connectivity index (χ0v) is 5.11. The van der Waals surface area contributed by atoms with E-state index < -0.39 is 0 Å². The molecule has 1 rings (SSSR count). The molecule has 8 heavy (non-hydrogen) atoms. The fraction of sp³-hybridized carbons (Fsp3) is 0.833. The van der Waals surface area contributed by atoms with Gasteiger partial charge in [-0.1, -0.05) is 0 Å². The third-order valence-electron chi connectivity index (χ3n) is 1.49. The summed E-state index contributed by atoms with van der Waals surface area (Å²) in [5.74, 6) is 0.213. The summed E-state index contributed by atoms with van der Waals surface area (Å²) in [6.07, 6.45) is 2.64. The van der Waals surface area contributed by atoms with Crippen molar-refractivity contribution in [2.75, 3.05) is 0 Å². The highest BCUT2D eigenvalue weighted by Crippen LogP contribution is 2.35. The zero-order valence-electron chi connectivity index (χ0n) is 5.11. The molecule has 0 aliphatic heterocycles. The first-order valence-electron chi connectivity index (χ1n) is 2.91. The van der Waals surface area contributed by atoms with E-state index in [9.17, 15) is 4.79 Å². The van der Waals surface area contributed by atoms with Gasteiger partial charge in [0.2, 0.25) is 0 Å². The molecule has 2 N–H and O–H groups in total. The van der Waals surface area contributed by atoms with Crippen LogP contribution in [0.2, 0.25) is 0 Å². The molecule has 0 aromatic heterocycles. The van der Waals surface area contributed by atoms with Crippen molar-refractivity contribution >= 4 is 5.78 Å². The van der Waals surface area contributed by atoms with Crippen LogP contribution in [0.1, 0.15) is 26.2 Å². The van der Waals surface area contributed by atoms with Crippen molar-refractivity contribution < 1.29 is 4.79 Å². The van der Waals surface area contributed by atoms with Crippen LogP contribution in [0, 0.1) is 0 Å². The van der Waals surface area contributed by atoms with Gasteiger partial charge in [-0.25, -0.2) is 0 Å². The highest BCUT2D eigenvalue weighted by atomic mass is 16.1. The van der Waals surface area contributed by atoms with Crippen molar-refractivity contribution in [3.63, 3.8) is 0 Å². The van der Waals surface area contributed by atoms with Crippen molar-refractivity contribution in [2.24, 2.45) is 5.73 Å². The van der Waals surface area contributed by atoms with Crippen molar-refractivity contribution in [2.45, 2.75) is 31.7 Å². The van der Waals surface area contributed by atoms with Gasteiger partial charge in [0.1, 0.15) is 5.78 Å². The molecule has 0 aromatic carbocycles. The van der Waals surface area contributed by atoms with Gasteiger partial charge >= 0.3 is 0 Å². The highest BCUT2D eigenvalue weighted by Gasteiger charge is 2.38. The lowest BCUT2D eigenvalue weighted by atomic mass is 10.1. The van der Waals surface area contributed by atoms with Gasteiger partial charge in [0, 0.05) is 12.0 Å². The van der Waals surface area contributed by atoms with E-state index in [1.807, 2.05) is 0 Å². The van der Waals surface area contributed by atoms with E-state index >= 15 is 0 Å². The molecule has 2 heteroatoms. The van der Waals surface area contributed by atoms with Crippen LogP contribution in [-0.4, -0.2) is 11.3 Å². The minimum absolute atomic E-state index is 0.0775. The van der Waals surface area contributed by atoms with Gasteiger partial charge in [0.25, 0.3) is 0 Å². The number of carbonyl (C=O) groups is 1. The number of nitrogens with two attached hydrogens (primary N) is 1. The highest BCUT2D eigenvalue weighted by molar-refractivity contribution is 5.77. The Morgan fingerprint density at radius 2 is 2.25 bits per heavy atom. The molecule has 1 saturated carbocycles. The van der Waals surface area contributed by atoms with Gasteiger partial charge < -0.3 is 5.73 Å². The quantitative estimate of drug-likeness (QED) is 0.565. The first-order chi connectivity index (χ1) is 3.62. The lowest BCUT2D eigenvalue weighted by molar-refractivity contribution is -0.117. The smallest absolute Gasteiger partial charge is 0.131 e. The van der Waals surface area contributed by atoms with Gasteiger partial charge in [0.15, 0.2) is 0 Å². The topological polar surface area (TPSA) is 43.1 Å². The lowest BCUT2D eigenvalue weighted by Gasteiger charge is -2.01. The number of hydrogen-bond acceptors (Lipinski definition) is 2. The fourth-order valence-electron chi connectivity index (χ4n) is 0.833. The monoisotopic (exact) mass is 113 g/mol. The van der Waals surface area contributed by atoms with E-state index in [4.69, 9.17) is 5.73 Å². The Hall–Kier alpha value is -0.370. The van der Waals surface area contributed by atoms with Crippen LogP contribution in [0.3, 0.4) is 0 Å². The SMILES string of the molecule is CC(=O)CC1(N)CC1. The Kier molecular flexibility index (Phi) is 1.12. The fourth-order valence-corrected chi connectivity index (χ4v) is 0.833. The Balaban J connectivity index is 2.29. The molecule has 0 unspecified atom stereocenters. The largest absolute Gasteiger partial charge is 0.325 e. The Bertz CT molecular complexity index is 116. The van der Waals surface area contributed by atoms with Gasteiger partial charge in [0.05, 0.1) is 0 Å². The lowest BCUT2D eigenvalue weighted by Crippen LogP contribution is -2.24. The molecule has 46 valence electrons. The number of hydrogen-bond donors (Lipinski definition) is 1. The maximum absolute atomic E-state index is 10.4. The molecule has 0 spiro atoms. The molecule has 1 fully saturated rings. The van der Waals surface area contributed by atoms with Crippen LogP contribution in [0.4, 0.5) is 0 Å². The van der Waals surface area contributed by atoms with E-state index in [1.165, 1.54) is 0 Å². The number of carbonyl (C=O) groups excluding carboxylic acids is 1. The maximum Gasteiger partial charge on any atom is 0.131 e. The summed E-state index contributed by atoms with van der Waals surface area (Å²) in [5.41, 5.74) is 5.55. The molecule has 0 aromatic rings. The zero-order chi connectivity index (χ0) is 6.20. The van der Waals surface area contributed by atoms with E-state index in [2.05, 4.69) is 0 Å². The van der Waals surface area contributed by atoms with Gasteiger partial charge in [-0.2, -0.15) is 0 Å². The molecule has 0 amide bonds. The number of Topliss-reactive ketones (excluding diaryl/α,β-unsaturated/α-hetero) is 1. The van der Waals surface area contributed by atoms with E-state index in [1.54, 1.807) is 6.92 Å². The molecule has 1 aliphatic carbocycles. The second kappa shape index (κ2) is 1.55. The molecule has 0 atom stereocenters. The van der Waals surface area contributed by atoms with Crippen molar-refractivity contribution in [1.82, 2.24) is 0 Å². The van der Waals surface area contributed by atoms with Crippen molar-refractivity contribution in [1.29, 1.82) is 0 Å². The van der Waals surface area contributed by atoms with Crippen molar-refractivity contribution in [3.05, 3.63) is 0 Å². The molecule has 1 aliphatic rings. The average Bonchev–Trinajstić information content (AvgIpc) is 2.17. The number of ketones is 1. The summed E-state index contributed by atoms with van der Waals surface area (Å²) in [6, 6.07) is 0. The van der Waals surface area contributed by atoms with Crippen LogP contribution < -0.4 is 5.73 Å². The Labute approximate surface area is 49.1 Å². The second-order valence-electron chi connectivity index (χ2n) is 2.74. The molecule has 0 bridgehead atoms. The van der Waals surface area contributed by atoms with Gasteiger partial charge in [-0.15, -0.1) is 0 Å². The van der Waals surface area contributed by atoms with Gasteiger partial charge in [-0.3, -0.25) is 4.79 Å². The summed E-state index contributed by atoms with van der Waals surface area (Å²) in [6.45, 7) is 1.59. The predicted octanol–water partition coefficient (Wildman–Crippen LogP) is 0.457. The summed E-state index contributed by atoms with van der Waals surface area (Å²) in [4.78, 5) is 10.4. The summed E-state index contributed by atoms with van der Waals surface area (Å²) >= 11 is 0. The van der Waals surface area contributed by atoms with Crippen LogP contribution >= 0.6 is 0 Å². The van der Waals surface area contributed by atoms with Crippen LogP contribution in [0.5, 0.6) is 0 Å². The van der Waals surface area contributed by atoms with E-state index in [-0.39, 0.29) is 11.3 Å². The third-order valence-corrected chi connectivity index (χ3v) is 1.49. The molecular weight excluding hydrogens is 102 g/mol. The van der Waals surface area contributed by atoms with Crippen LogP contribution in [-0.2, 0) is 4.79 Å². The summed E-state index contributed by atoms with van der Waals surface area (Å²) < 4.78 is 0. The predicted molar refractivity (Wildman–Crippen MR) is 31.5 cm³/mol. The minimum atomic E-state index is -0.0775. The minimum Gasteiger partial charge on any atom is -0.325 e. The normalized spacial score (nSPS) is 22.8. The Morgan fingerprint density at radius 3 is 2.38 bits per heavy atom. The molecular formula is C6H11NO. The standard InChI is InChI=1S/C6H11NO/c1-5(8)4-6(7)2-3-6/h2-4,7H2,1H3. The average molecular weight is 113 g/mol. The third kappa shape index (κ3) is 1.30. The first-order valence-corrected chi connectivity index (χ1v) is 2.91. The number of rotatable bonds is 2. The summed E-state index contributed by atoms with van der Waals surface area (Å²) in [7, 11) is 0. The molecule has 2 nitrogen and oxygen atoms in total. The van der Waals surface area contributed by atoms with Gasteiger partial charge in [-0.05, 0) is 19.8 Å².